The molecule has 1 aliphatic carbocycles. The lowest BCUT2D eigenvalue weighted by molar-refractivity contribution is -0.122. The average molecular weight is 417 g/mol. The van der Waals surface area contributed by atoms with Crippen molar-refractivity contribution in [1.29, 1.82) is 0 Å². The van der Waals surface area contributed by atoms with Gasteiger partial charge in [-0.15, -0.1) is 0 Å². The van der Waals surface area contributed by atoms with Gasteiger partial charge in [-0.1, -0.05) is 19.1 Å². The number of hydrogen-bond donors (Lipinski definition) is 5. The van der Waals surface area contributed by atoms with E-state index in [4.69, 9.17) is 4.65 Å². The number of amides is 1. The molecule has 0 unspecified atom stereocenters. The van der Waals surface area contributed by atoms with Gasteiger partial charge >= 0.3 is 13.1 Å². The van der Waals surface area contributed by atoms with Crippen molar-refractivity contribution in [1.82, 2.24) is 16.0 Å². The van der Waals surface area contributed by atoms with Gasteiger partial charge < -0.3 is 30.7 Å². The predicted molar refractivity (Wildman–Crippen MR) is 115 cm³/mol. The van der Waals surface area contributed by atoms with E-state index < -0.39 is 19.0 Å². The van der Waals surface area contributed by atoms with Crippen molar-refractivity contribution in [2.45, 2.75) is 57.4 Å². The summed E-state index contributed by atoms with van der Waals surface area (Å²) in [5, 5.41) is 29.3. The van der Waals surface area contributed by atoms with Crippen LogP contribution in [0.2, 0.25) is 0 Å². The van der Waals surface area contributed by atoms with Crippen LogP contribution in [0.5, 0.6) is 5.75 Å². The van der Waals surface area contributed by atoms with Crippen LogP contribution in [-0.2, 0) is 11.2 Å². The van der Waals surface area contributed by atoms with Crippen molar-refractivity contribution in [2.24, 2.45) is 5.92 Å². The second-order valence-corrected chi connectivity index (χ2v) is 8.21. The molecule has 9 heteroatoms. The lowest BCUT2D eigenvalue weighted by Gasteiger charge is -2.31. The predicted octanol–water partition coefficient (Wildman–Crippen LogP) is 0.972. The Kier molecular flexibility index (Phi) is 8.12. The highest BCUT2D eigenvalue weighted by Gasteiger charge is 2.38. The third kappa shape index (κ3) is 5.96. The lowest BCUT2D eigenvalue weighted by atomic mass is 9.72. The van der Waals surface area contributed by atoms with Crippen molar-refractivity contribution in [3.63, 3.8) is 0 Å². The molecule has 0 spiro atoms. The lowest BCUT2D eigenvalue weighted by Crippen LogP contribution is -2.53. The normalized spacial score (nSPS) is 23.4. The first kappa shape index (κ1) is 22.6. The molecule has 0 saturated heterocycles. The molecule has 1 aromatic rings. The molecule has 1 aromatic carbocycles. The maximum Gasteiger partial charge on any atom is 0.547 e. The second-order valence-electron chi connectivity index (χ2n) is 8.21. The van der Waals surface area contributed by atoms with Crippen LogP contribution >= 0.6 is 0 Å². The molecule has 1 aliphatic heterocycles. The first-order valence-electron chi connectivity index (χ1n) is 10.9. The third-order valence-corrected chi connectivity index (χ3v) is 6.00. The number of carboxylic acids is 1. The van der Waals surface area contributed by atoms with Crippen LogP contribution < -0.4 is 20.6 Å². The minimum absolute atomic E-state index is 0.0205. The fraction of sp³-hybridized carbons (Fsp3) is 0.619. The molecule has 0 bridgehead atoms. The van der Waals surface area contributed by atoms with E-state index in [1.165, 1.54) is 6.07 Å². The molecule has 1 heterocycles. The topological polar surface area (TPSA) is 120 Å². The van der Waals surface area contributed by atoms with Crippen LogP contribution in [0.4, 0.5) is 0 Å². The largest absolute Gasteiger partial charge is 0.547 e. The summed E-state index contributed by atoms with van der Waals surface area (Å²) in [7, 11) is -1.27. The van der Waals surface area contributed by atoms with Gasteiger partial charge in [0.25, 0.3) is 0 Å². The molecule has 30 heavy (non-hydrogen) atoms. The quantitative estimate of drug-likeness (QED) is 0.300. The van der Waals surface area contributed by atoms with Gasteiger partial charge in [-0.25, -0.2) is 4.79 Å². The molecule has 1 amide bonds. The molecular weight excluding hydrogens is 385 g/mol. The van der Waals surface area contributed by atoms with Crippen LogP contribution in [0, 0.1) is 5.92 Å². The van der Waals surface area contributed by atoms with Gasteiger partial charge in [0.15, 0.2) is 0 Å². The van der Waals surface area contributed by atoms with E-state index >= 15 is 0 Å². The number of fused-ring (bicyclic) bond motifs is 1. The molecule has 1 fully saturated rings. The van der Waals surface area contributed by atoms with Crippen LogP contribution in [0.25, 0.3) is 0 Å². The molecule has 3 rings (SSSR count). The monoisotopic (exact) mass is 417 g/mol. The molecule has 0 aromatic heterocycles. The molecule has 2 aliphatic rings. The van der Waals surface area contributed by atoms with Crippen LogP contribution in [0.3, 0.4) is 0 Å². The summed E-state index contributed by atoms with van der Waals surface area (Å²) in [6, 6.07) is 5.37. The summed E-state index contributed by atoms with van der Waals surface area (Å²) >= 11 is 0. The Morgan fingerprint density at radius 3 is 2.67 bits per heavy atom. The Morgan fingerprint density at radius 2 is 1.97 bits per heavy atom. The average Bonchev–Trinajstić information content (AvgIpc) is 2.72. The summed E-state index contributed by atoms with van der Waals surface area (Å²) in [5.41, 5.74) is 0.696. The number of benzene rings is 1. The van der Waals surface area contributed by atoms with E-state index in [0.717, 1.165) is 45.3 Å². The second kappa shape index (κ2) is 10.8. The zero-order valence-corrected chi connectivity index (χ0v) is 17.5. The molecule has 0 radical (unpaired) electrons. The number of rotatable bonds is 9. The van der Waals surface area contributed by atoms with E-state index in [9.17, 15) is 19.7 Å². The number of carbonyl (C=O) groups is 2. The summed E-state index contributed by atoms with van der Waals surface area (Å²) in [5.74, 6) is -1.25. The highest BCUT2D eigenvalue weighted by Crippen LogP contribution is 2.31. The van der Waals surface area contributed by atoms with Crippen molar-refractivity contribution in [3.05, 3.63) is 29.3 Å². The van der Waals surface area contributed by atoms with E-state index in [2.05, 4.69) is 22.9 Å². The summed E-state index contributed by atoms with van der Waals surface area (Å²) < 4.78 is 5.44. The van der Waals surface area contributed by atoms with Crippen molar-refractivity contribution in [2.75, 3.05) is 19.6 Å². The Bertz CT molecular complexity index is 739. The van der Waals surface area contributed by atoms with Gasteiger partial charge in [0, 0.05) is 25.6 Å². The number of carboxylic acid groups (broad SMARTS) is 1. The molecule has 8 nitrogen and oxygen atoms in total. The molecule has 1 atom stereocenters. The van der Waals surface area contributed by atoms with Crippen molar-refractivity contribution >= 4 is 19.0 Å². The molecule has 5 N–H and O–H groups in total. The van der Waals surface area contributed by atoms with Gasteiger partial charge in [-0.2, -0.15) is 0 Å². The van der Waals surface area contributed by atoms with E-state index in [1.807, 2.05) is 0 Å². The Hall–Kier alpha value is -2.10. The fourth-order valence-corrected chi connectivity index (χ4v) is 4.36. The highest BCUT2D eigenvalue weighted by atomic mass is 16.5. The minimum Gasteiger partial charge on any atom is -0.534 e. The van der Waals surface area contributed by atoms with Crippen LogP contribution in [0.1, 0.15) is 54.9 Å². The zero-order chi connectivity index (χ0) is 21.5. The van der Waals surface area contributed by atoms with Crippen molar-refractivity contribution in [3.8, 4) is 5.75 Å². The fourth-order valence-electron chi connectivity index (χ4n) is 4.36. The maximum atomic E-state index is 12.5. The van der Waals surface area contributed by atoms with Gasteiger partial charge in [0.1, 0.15) is 5.75 Å². The number of para-hydroxylation sites is 1. The van der Waals surface area contributed by atoms with Gasteiger partial charge in [0.2, 0.25) is 5.91 Å². The van der Waals surface area contributed by atoms with Crippen LogP contribution in [-0.4, -0.2) is 60.7 Å². The number of carbonyl (C=O) groups excluding carboxylic acids is 1. The van der Waals surface area contributed by atoms with Gasteiger partial charge in [-0.3, -0.25) is 4.79 Å². The minimum atomic E-state index is -1.27. The first-order chi connectivity index (χ1) is 14.5. The number of aromatic carboxylic acids is 1. The van der Waals surface area contributed by atoms with Crippen molar-refractivity contribution < 1.29 is 24.4 Å². The Labute approximate surface area is 177 Å². The molecule has 164 valence electrons. The first-order valence-corrected chi connectivity index (χ1v) is 10.9. The van der Waals surface area contributed by atoms with Gasteiger partial charge in [-0.05, 0) is 56.2 Å². The molecular formula is C21H32BN3O5. The van der Waals surface area contributed by atoms with Crippen LogP contribution in [0.15, 0.2) is 18.2 Å². The van der Waals surface area contributed by atoms with Gasteiger partial charge in [0.05, 0.1) is 11.5 Å². The Morgan fingerprint density at radius 1 is 1.20 bits per heavy atom. The Balaban J connectivity index is 1.45. The smallest absolute Gasteiger partial charge is 0.534 e. The highest BCUT2D eigenvalue weighted by molar-refractivity contribution is 6.47. The summed E-state index contributed by atoms with van der Waals surface area (Å²) in [4.78, 5) is 23.9. The SMILES string of the molecule is CCNCCNC1CCC(CC(=O)N[C@H]2Cc3cccc(C(=O)O)c3OB2O)CC1. The summed E-state index contributed by atoms with van der Waals surface area (Å²) in [6.45, 7) is 5.02. The van der Waals surface area contributed by atoms with E-state index in [1.54, 1.807) is 12.1 Å². The number of hydrogen-bond acceptors (Lipinski definition) is 6. The molecule has 1 saturated carbocycles. The maximum absolute atomic E-state index is 12.5. The standard InChI is InChI=1S/C21H32BN3O5/c1-2-23-10-11-24-16-8-6-14(7-9-16)12-19(26)25-18-13-15-4-3-5-17(21(27)28)20(15)30-22(18)29/h3-5,14,16,18,23-24,29H,2,6-13H2,1H3,(H,25,26)(H,27,28)/t14?,16?,18-/m0/s1. The number of likely N-dealkylation sites (N-methyl/N-ethyl adjacent to an activating group) is 1. The van der Waals surface area contributed by atoms with E-state index in [-0.39, 0.29) is 17.2 Å². The zero-order valence-electron chi connectivity index (χ0n) is 17.5. The number of nitrogens with one attached hydrogen (secondary N) is 3. The summed E-state index contributed by atoms with van der Waals surface area (Å²) in [6.07, 6.45) is 4.96. The third-order valence-electron chi connectivity index (χ3n) is 6.00. The van der Waals surface area contributed by atoms with E-state index in [0.29, 0.717) is 30.4 Å².